The number of aliphatic hydroxyl groups is 1. The predicted molar refractivity (Wildman–Crippen MR) is 108 cm³/mol. The van der Waals surface area contributed by atoms with E-state index in [0.717, 1.165) is 5.56 Å². The number of benzene rings is 1. The van der Waals surface area contributed by atoms with E-state index in [4.69, 9.17) is 5.73 Å². The molecule has 0 radical (unpaired) electrons. The summed E-state index contributed by atoms with van der Waals surface area (Å²) in [4.78, 5) is 30.5. The normalized spacial score (nSPS) is 15.9. The molecule has 1 aromatic heterocycles. The molecule has 154 valence electrons. The molecule has 1 saturated heterocycles. The smallest absolute Gasteiger partial charge is 0.237 e. The number of hydrogen-bond donors (Lipinski definition) is 3. The van der Waals surface area contributed by atoms with Gasteiger partial charge >= 0.3 is 0 Å². The minimum Gasteiger partial charge on any atom is -0.391 e. The first kappa shape index (κ1) is 20.5. The number of amides is 2. The topological polar surface area (TPSA) is 112 Å². The van der Waals surface area contributed by atoms with Crippen LogP contribution in [0.4, 0.5) is 21.7 Å². The monoisotopic (exact) mass is 401 g/mol. The highest BCUT2D eigenvalue weighted by atomic mass is 19.1. The van der Waals surface area contributed by atoms with Crippen LogP contribution in [0.2, 0.25) is 0 Å². The second-order valence-electron chi connectivity index (χ2n) is 6.93. The summed E-state index contributed by atoms with van der Waals surface area (Å²) in [6, 6.07) is 9.75. The third-order valence-electron chi connectivity index (χ3n) is 4.70. The Morgan fingerprint density at radius 3 is 2.90 bits per heavy atom. The maximum Gasteiger partial charge on any atom is 0.237 e. The van der Waals surface area contributed by atoms with E-state index in [1.54, 1.807) is 18.2 Å². The molecular formula is C20H24FN5O3. The molecule has 9 heteroatoms. The number of pyridine rings is 1. The molecule has 1 aliphatic heterocycles. The highest BCUT2D eigenvalue weighted by Gasteiger charge is 2.23. The van der Waals surface area contributed by atoms with Crippen LogP contribution in [-0.2, 0) is 16.0 Å². The van der Waals surface area contributed by atoms with Gasteiger partial charge < -0.3 is 26.0 Å². The fraction of sp³-hybridized carbons (Fsp3) is 0.350. The summed E-state index contributed by atoms with van der Waals surface area (Å²) in [5.74, 6) is 0.121. The van der Waals surface area contributed by atoms with Crippen molar-refractivity contribution in [3.8, 4) is 0 Å². The fourth-order valence-corrected chi connectivity index (χ4v) is 3.29. The van der Waals surface area contributed by atoms with Crippen LogP contribution in [0.5, 0.6) is 0 Å². The number of aliphatic hydroxyl groups excluding tert-OH is 1. The van der Waals surface area contributed by atoms with Crippen molar-refractivity contribution in [2.45, 2.75) is 18.9 Å². The van der Waals surface area contributed by atoms with E-state index in [9.17, 15) is 19.1 Å². The fourth-order valence-electron chi connectivity index (χ4n) is 3.29. The molecule has 2 amide bonds. The minimum atomic E-state index is -0.644. The first-order valence-corrected chi connectivity index (χ1v) is 9.39. The maximum absolute atomic E-state index is 13.4. The molecular weight excluding hydrogens is 377 g/mol. The van der Waals surface area contributed by atoms with Gasteiger partial charge in [-0.1, -0.05) is 12.1 Å². The van der Waals surface area contributed by atoms with Crippen LogP contribution in [0.3, 0.4) is 0 Å². The first-order chi connectivity index (χ1) is 14.0. The molecule has 0 spiro atoms. The average molecular weight is 401 g/mol. The largest absolute Gasteiger partial charge is 0.391 e. The zero-order valence-electron chi connectivity index (χ0n) is 15.9. The lowest BCUT2D eigenvalue weighted by Crippen LogP contribution is -2.33. The van der Waals surface area contributed by atoms with Crippen LogP contribution in [-0.4, -0.2) is 54.7 Å². The van der Waals surface area contributed by atoms with Gasteiger partial charge in [-0.15, -0.1) is 0 Å². The minimum absolute atomic E-state index is 0.272. The summed E-state index contributed by atoms with van der Waals surface area (Å²) in [6.07, 6.45) is 1.33. The van der Waals surface area contributed by atoms with E-state index >= 15 is 0 Å². The van der Waals surface area contributed by atoms with E-state index in [-0.39, 0.29) is 12.4 Å². The summed E-state index contributed by atoms with van der Waals surface area (Å²) >= 11 is 0. The van der Waals surface area contributed by atoms with Crippen molar-refractivity contribution in [1.82, 2.24) is 4.98 Å². The molecule has 0 unspecified atom stereocenters. The molecule has 2 heterocycles. The van der Waals surface area contributed by atoms with E-state index in [1.165, 1.54) is 17.0 Å². The third-order valence-corrected chi connectivity index (χ3v) is 4.70. The third kappa shape index (κ3) is 5.41. The molecule has 1 atom stereocenters. The van der Waals surface area contributed by atoms with Crippen molar-refractivity contribution in [3.63, 3.8) is 0 Å². The Balaban J connectivity index is 1.81. The molecule has 1 aromatic carbocycles. The predicted octanol–water partition coefficient (Wildman–Crippen LogP) is 0.894. The maximum atomic E-state index is 13.4. The lowest BCUT2D eigenvalue weighted by atomic mass is 10.1. The second-order valence-corrected chi connectivity index (χ2v) is 6.93. The number of carbonyl (C=O) groups is 2. The Kier molecular flexibility index (Phi) is 6.61. The molecule has 2 aromatic rings. The van der Waals surface area contributed by atoms with Crippen molar-refractivity contribution >= 4 is 29.6 Å². The van der Waals surface area contributed by atoms with Crippen LogP contribution in [0.15, 0.2) is 36.4 Å². The summed E-state index contributed by atoms with van der Waals surface area (Å²) in [6.45, 7) is 1.33. The lowest BCUT2D eigenvalue weighted by molar-refractivity contribution is -0.118. The molecule has 3 rings (SSSR count). The highest BCUT2D eigenvalue weighted by Crippen LogP contribution is 2.28. The number of rotatable bonds is 9. The van der Waals surface area contributed by atoms with Gasteiger partial charge in [0, 0.05) is 19.6 Å². The molecule has 1 aliphatic rings. The number of β-amino-alcohol motifs (C(OH)–C–C–N with tert-alkyl or cyclic N) is 1. The van der Waals surface area contributed by atoms with Crippen LogP contribution < -0.4 is 20.9 Å². The molecule has 0 aliphatic carbocycles. The van der Waals surface area contributed by atoms with Crippen molar-refractivity contribution in [1.29, 1.82) is 0 Å². The molecule has 29 heavy (non-hydrogen) atoms. The summed E-state index contributed by atoms with van der Waals surface area (Å²) in [5.41, 5.74) is 6.48. The molecule has 0 bridgehead atoms. The van der Waals surface area contributed by atoms with Crippen LogP contribution >= 0.6 is 0 Å². The number of nitrogens with one attached hydrogen (secondary N) is 1. The zero-order valence-corrected chi connectivity index (χ0v) is 15.9. The van der Waals surface area contributed by atoms with E-state index in [1.807, 2.05) is 11.0 Å². The van der Waals surface area contributed by atoms with Gasteiger partial charge in [0.05, 0.1) is 11.8 Å². The first-order valence-electron chi connectivity index (χ1n) is 9.39. The molecule has 1 fully saturated rings. The van der Waals surface area contributed by atoms with Crippen molar-refractivity contribution < 1.29 is 19.1 Å². The Morgan fingerprint density at radius 2 is 2.24 bits per heavy atom. The summed E-state index contributed by atoms with van der Waals surface area (Å²) in [7, 11) is 0. The lowest BCUT2D eigenvalue weighted by Gasteiger charge is -2.23. The Hall–Kier alpha value is -3.20. The number of nitrogens with zero attached hydrogens (tertiary/aromatic N) is 3. The van der Waals surface area contributed by atoms with Crippen molar-refractivity contribution in [2.24, 2.45) is 5.73 Å². The van der Waals surface area contributed by atoms with E-state index in [2.05, 4.69) is 10.3 Å². The number of halogens is 1. The van der Waals surface area contributed by atoms with E-state index in [0.29, 0.717) is 56.2 Å². The van der Waals surface area contributed by atoms with Gasteiger partial charge in [0.2, 0.25) is 12.3 Å². The quantitative estimate of drug-likeness (QED) is 0.538. The number of carbonyl (C=O) groups excluding carboxylic acids is 2. The number of primary amides is 1. The number of aromatic nitrogens is 1. The number of anilines is 3. The molecule has 0 saturated carbocycles. The van der Waals surface area contributed by atoms with Gasteiger partial charge in [0.15, 0.2) is 5.82 Å². The molecule has 8 nitrogen and oxygen atoms in total. The Bertz CT molecular complexity index is 879. The van der Waals surface area contributed by atoms with Crippen LogP contribution in [0, 0.1) is 5.82 Å². The summed E-state index contributed by atoms with van der Waals surface area (Å²) in [5, 5.41) is 12.9. The van der Waals surface area contributed by atoms with Gasteiger partial charge in [-0.05, 0) is 42.7 Å². The SMILES string of the molecule is NC(=O)CN(C=O)c1ccc(N2CC[C@@H](O)C2)nc1NCCc1cccc(F)c1. The number of nitrogens with two attached hydrogens (primary N) is 1. The number of hydrogen-bond acceptors (Lipinski definition) is 6. The Morgan fingerprint density at radius 1 is 1.41 bits per heavy atom. The zero-order chi connectivity index (χ0) is 20.8. The van der Waals surface area contributed by atoms with Crippen molar-refractivity contribution in [3.05, 3.63) is 47.8 Å². The van der Waals surface area contributed by atoms with Crippen LogP contribution in [0.25, 0.3) is 0 Å². The Labute approximate surface area is 168 Å². The van der Waals surface area contributed by atoms with Gasteiger partial charge in [-0.25, -0.2) is 9.37 Å². The van der Waals surface area contributed by atoms with Gasteiger partial charge in [-0.2, -0.15) is 0 Å². The standard InChI is InChI=1S/C20H24FN5O3/c21-15-3-1-2-14(10-15)6-8-23-20-17(26(13-27)12-18(22)29)4-5-19(24-20)25-9-7-16(28)11-25/h1-5,10,13,16,28H,6-9,11-12H2,(H2,22,29)(H,23,24)/t16-/m1/s1. The highest BCUT2D eigenvalue weighted by molar-refractivity contribution is 5.90. The van der Waals surface area contributed by atoms with Gasteiger partial charge in [0.25, 0.3) is 0 Å². The van der Waals surface area contributed by atoms with Gasteiger partial charge in [0.1, 0.15) is 18.2 Å². The summed E-state index contributed by atoms with van der Waals surface area (Å²) < 4.78 is 13.4. The second kappa shape index (κ2) is 9.33. The van der Waals surface area contributed by atoms with Gasteiger partial charge in [-0.3, -0.25) is 9.59 Å². The van der Waals surface area contributed by atoms with Crippen LogP contribution in [0.1, 0.15) is 12.0 Å². The average Bonchev–Trinajstić information content (AvgIpc) is 3.12. The van der Waals surface area contributed by atoms with Crippen molar-refractivity contribution in [2.75, 3.05) is 41.3 Å². The van der Waals surface area contributed by atoms with E-state index < -0.39 is 12.0 Å². The molecule has 4 N–H and O–H groups in total.